The Morgan fingerprint density at radius 1 is 1.64 bits per heavy atom. The Morgan fingerprint density at radius 2 is 2.18 bits per heavy atom. The maximum Gasteiger partial charge on any atom is 0.280 e. The highest BCUT2D eigenvalue weighted by molar-refractivity contribution is 8.16. The molecule has 1 aliphatic rings. The maximum atomic E-state index is 10.8. The number of rotatable bonds is 1. The van der Waals surface area contributed by atoms with Gasteiger partial charge in [0.1, 0.15) is 5.76 Å². The third kappa shape index (κ3) is 1.59. The van der Waals surface area contributed by atoms with Crippen molar-refractivity contribution >= 4 is 19.7 Å². The van der Waals surface area contributed by atoms with Gasteiger partial charge in [0.15, 0.2) is 11.8 Å². The summed E-state index contributed by atoms with van der Waals surface area (Å²) in [6, 6.07) is 0. The third-order valence-corrected chi connectivity index (χ3v) is 2.85. The molecule has 0 aromatic rings. The molecule has 0 fully saturated rings. The zero-order chi connectivity index (χ0) is 8.65. The first-order valence-corrected chi connectivity index (χ1v) is 5.23. The van der Waals surface area contributed by atoms with Crippen molar-refractivity contribution in [2.75, 3.05) is 13.8 Å². The van der Waals surface area contributed by atoms with Gasteiger partial charge in [0.25, 0.3) is 9.05 Å². The van der Waals surface area contributed by atoms with E-state index in [4.69, 9.17) is 15.4 Å². The molecule has 64 valence electrons. The van der Waals surface area contributed by atoms with Gasteiger partial charge in [-0.3, -0.25) is 0 Å². The number of hydrogen-bond acceptors (Lipinski definition) is 4. The lowest BCUT2D eigenvalue weighted by Crippen LogP contribution is -2.17. The first-order valence-electron chi connectivity index (χ1n) is 2.92. The van der Waals surface area contributed by atoms with Gasteiger partial charge in [0.05, 0.1) is 0 Å². The Kier molecular flexibility index (Phi) is 2.02. The van der Waals surface area contributed by atoms with E-state index in [1.54, 1.807) is 14.0 Å². The van der Waals surface area contributed by atoms with Crippen LogP contribution in [0.1, 0.15) is 6.92 Å². The predicted molar refractivity (Wildman–Crippen MR) is 41.2 cm³/mol. The second-order valence-corrected chi connectivity index (χ2v) is 4.75. The SMILES string of the molecule is CC1=C(S(=O)(=O)Cl)N(C)CO1. The zero-order valence-electron chi connectivity index (χ0n) is 6.17. The summed E-state index contributed by atoms with van der Waals surface area (Å²) in [5.74, 6) is 0.350. The minimum atomic E-state index is -3.65. The molecular weight excluding hydrogens is 190 g/mol. The molecule has 0 radical (unpaired) electrons. The number of hydrogen-bond donors (Lipinski definition) is 0. The average Bonchev–Trinajstić information content (AvgIpc) is 2.08. The Bertz CT molecular complexity index is 295. The van der Waals surface area contributed by atoms with Gasteiger partial charge in [-0.15, -0.1) is 0 Å². The molecule has 0 aromatic carbocycles. The summed E-state index contributed by atoms with van der Waals surface area (Å²) >= 11 is 0. The largest absolute Gasteiger partial charge is 0.475 e. The van der Waals surface area contributed by atoms with Crippen molar-refractivity contribution in [3.63, 3.8) is 0 Å². The van der Waals surface area contributed by atoms with Gasteiger partial charge in [0.2, 0.25) is 0 Å². The average molecular weight is 198 g/mol. The summed E-state index contributed by atoms with van der Waals surface area (Å²) in [6.07, 6.45) is 0. The molecule has 0 bridgehead atoms. The van der Waals surface area contributed by atoms with Crippen molar-refractivity contribution in [3.8, 4) is 0 Å². The van der Waals surface area contributed by atoms with E-state index < -0.39 is 9.05 Å². The molecule has 0 aromatic heterocycles. The molecule has 0 aliphatic carbocycles. The van der Waals surface area contributed by atoms with Crippen molar-refractivity contribution in [2.24, 2.45) is 0 Å². The van der Waals surface area contributed by atoms with Crippen LogP contribution in [0.2, 0.25) is 0 Å². The molecule has 11 heavy (non-hydrogen) atoms. The van der Waals surface area contributed by atoms with Crippen LogP contribution in [0, 0.1) is 0 Å². The first kappa shape index (κ1) is 8.67. The molecule has 0 N–H and O–H groups in total. The van der Waals surface area contributed by atoms with E-state index in [9.17, 15) is 8.42 Å². The van der Waals surface area contributed by atoms with E-state index in [-0.39, 0.29) is 11.8 Å². The van der Waals surface area contributed by atoms with E-state index in [1.165, 1.54) is 4.90 Å². The molecule has 0 saturated heterocycles. The fraction of sp³-hybridized carbons (Fsp3) is 0.600. The molecule has 6 heteroatoms. The van der Waals surface area contributed by atoms with Crippen LogP contribution in [0.25, 0.3) is 0 Å². The van der Waals surface area contributed by atoms with Gasteiger partial charge in [-0.2, -0.15) is 0 Å². The number of ether oxygens (including phenoxy) is 1. The molecule has 1 aliphatic heterocycles. The van der Waals surface area contributed by atoms with Crippen LogP contribution in [0.15, 0.2) is 10.8 Å². The fourth-order valence-corrected chi connectivity index (χ4v) is 2.45. The minimum absolute atomic E-state index is 0.0548. The summed E-state index contributed by atoms with van der Waals surface area (Å²) in [5, 5.41) is 0.0548. The summed E-state index contributed by atoms with van der Waals surface area (Å²) in [6.45, 7) is 1.81. The summed E-state index contributed by atoms with van der Waals surface area (Å²) < 4.78 is 26.6. The van der Waals surface area contributed by atoms with Crippen LogP contribution in [0.3, 0.4) is 0 Å². The molecule has 1 heterocycles. The number of nitrogens with zero attached hydrogens (tertiary/aromatic N) is 1. The molecule has 0 spiro atoms. The molecule has 0 atom stereocenters. The lowest BCUT2D eigenvalue weighted by atomic mass is 10.6. The Hall–Kier alpha value is -0.420. The van der Waals surface area contributed by atoms with Crippen molar-refractivity contribution in [1.82, 2.24) is 4.90 Å². The van der Waals surface area contributed by atoms with Gasteiger partial charge in [0, 0.05) is 17.7 Å². The minimum Gasteiger partial charge on any atom is -0.475 e. The highest BCUT2D eigenvalue weighted by atomic mass is 35.7. The van der Waals surface area contributed by atoms with Crippen LogP contribution in [-0.2, 0) is 13.8 Å². The third-order valence-electron chi connectivity index (χ3n) is 1.35. The lowest BCUT2D eigenvalue weighted by molar-refractivity contribution is 0.169. The Morgan fingerprint density at radius 3 is 2.36 bits per heavy atom. The molecule has 1 rings (SSSR count). The van der Waals surface area contributed by atoms with Gasteiger partial charge in [-0.05, 0) is 6.92 Å². The Balaban J connectivity index is 3.12. The van der Waals surface area contributed by atoms with Crippen LogP contribution < -0.4 is 0 Å². The second kappa shape index (κ2) is 2.57. The number of halogens is 1. The first-order chi connectivity index (χ1) is 4.93. The quantitative estimate of drug-likeness (QED) is 0.580. The highest BCUT2D eigenvalue weighted by Gasteiger charge is 2.27. The van der Waals surface area contributed by atoms with E-state index >= 15 is 0 Å². The van der Waals surface area contributed by atoms with Crippen LogP contribution in [-0.4, -0.2) is 27.1 Å². The fourth-order valence-electron chi connectivity index (χ4n) is 0.941. The summed E-state index contributed by atoms with van der Waals surface area (Å²) in [4.78, 5) is 1.44. The highest BCUT2D eigenvalue weighted by Crippen LogP contribution is 2.25. The van der Waals surface area contributed by atoms with Crippen molar-refractivity contribution < 1.29 is 13.2 Å². The van der Waals surface area contributed by atoms with Gasteiger partial charge >= 0.3 is 0 Å². The van der Waals surface area contributed by atoms with Gasteiger partial charge in [-0.25, -0.2) is 8.42 Å². The zero-order valence-corrected chi connectivity index (χ0v) is 7.74. The van der Waals surface area contributed by atoms with E-state index in [0.29, 0.717) is 5.76 Å². The normalized spacial score (nSPS) is 19.0. The van der Waals surface area contributed by atoms with E-state index in [2.05, 4.69) is 0 Å². The van der Waals surface area contributed by atoms with Crippen LogP contribution in [0.4, 0.5) is 0 Å². The summed E-state index contributed by atoms with van der Waals surface area (Å²) in [7, 11) is 3.08. The molecule has 4 nitrogen and oxygen atoms in total. The van der Waals surface area contributed by atoms with Crippen LogP contribution in [0.5, 0.6) is 0 Å². The molecule has 0 amide bonds. The topological polar surface area (TPSA) is 46.6 Å². The van der Waals surface area contributed by atoms with E-state index in [1.807, 2.05) is 0 Å². The lowest BCUT2D eigenvalue weighted by Gasteiger charge is -2.08. The van der Waals surface area contributed by atoms with Crippen molar-refractivity contribution in [2.45, 2.75) is 6.92 Å². The smallest absolute Gasteiger partial charge is 0.280 e. The van der Waals surface area contributed by atoms with Gasteiger partial charge in [-0.1, -0.05) is 0 Å². The Labute approximate surface area is 69.8 Å². The standard InChI is InChI=1S/C5H8ClNO3S/c1-4-5(11(6,8)9)7(2)3-10-4/h3H2,1-2H3. The van der Waals surface area contributed by atoms with E-state index in [0.717, 1.165) is 0 Å². The van der Waals surface area contributed by atoms with Crippen molar-refractivity contribution in [3.05, 3.63) is 10.8 Å². The molecular formula is C5H8ClNO3S. The maximum absolute atomic E-state index is 10.8. The van der Waals surface area contributed by atoms with Crippen LogP contribution >= 0.6 is 10.7 Å². The van der Waals surface area contributed by atoms with Gasteiger partial charge < -0.3 is 9.64 Å². The molecule has 0 saturated carbocycles. The summed E-state index contributed by atoms with van der Waals surface area (Å²) in [5.41, 5.74) is 0. The van der Waals surface area contributed by atoms with Crippen molar-refractivity contribution in [1.29, 1.82) is 0 Å². The molecule has 0 unspecified atom stereocenters. The second-order valence-electron chi connectivity index (χ2n) is 2.27. The number of allylic oxidation sites excluding steroid dienone is 1. The predicted octanol–water partition coefficient (Wildman–Crippen LogP) is 0.664. The monoisotopic (exact) mass is 197 g/mol.